The van der Waals surface area contributed by atoms with Crippen molar-refractivity contribution in [2.24, 2.45) is 23.3 Å². The highest BCUT2D eigenvalue weighted by Gasteiger charge is 2.38. The highest BCUT2D eigenvalue weighted by Crippen LogP contribution is 2.36. The molecule has 1 aliphatic rings. The largest absolute Gasteiger partial charge is 0.369 e. The first-order valence-electron chi connectivity index (χ1n) is 3.21. The Morgan fingerprint density at radius 1 is 1.20 bits per heavy atom. The van der Waals surface area contributed by atoms with Crippen molar-refractivity contribution in [1.82, 2.24) is 0 Å². The Bertz CT molecular complexity index is 161. The van der Waals surface area contributed by atoms with Crippen molar-refractivity contribution < 1.29 is 9.59 Å². The normalized spacial score (nSPS) is 17.3. The van der Waals surface area contributed by atoms with Crippen LogP contribution in [0.1, 0.15) is 12.8 Å². The number of hydrogen-bond donors (Lipinski definition) is 2. The molecule has 0 atom stereocenters. The molecule has 0 heterocycles. The summed E-state index contributed by atoms with van der Waals surface area (Å²) in [6.07, 6.45) is 1.80. The number of primary amides is 2. The van der Waals surface area contributed by atoms with Crippen molar-refractivity contribution in [3.8, 4) is 0 Å². The molecule has 0 saturated heterocycles. The molecule has 0 aromatic carbocycles. The predicted molar refractivity (Wildman–Crippen MR) is 34.6 cm³/mol. The van der Waals surface area contributed by atoms with Crippen molar-refractivity contribution >= 4 is 11.8 Å². The lowest BCUT2D eigenvalue weighted by Gasteiger charge is -2.05. The second-order valence-electron chi connectivity index (χ2n) is 2.62. The predicted octanol–water partition coefficient (Wildman–Crippen LogP) is -1.02. The van der Waals surface area contributed by atoms with Crippen molar-refractivity contribution in [2.45, 2.75) is 12.8 Å². The Labute approximate surface area is 58.6 Å². The Balaban J connectivity index is 2.58. The van der Waals surface area contributed by atoms with E-state index in [9.17, 15) is 9.59 Å². The third-order valence-corrected chi connectivity index (χ3v) is 1.71. The Kier molecular flexibility index (Phi) is 1.61. The second kappa shape index (κ2) is 2.28. The number of carbonyl (C=O) groups is 2. The van der Waals surface area contributed by atoms with Gasteiger partial charge in [-0.25, -0.2) is 0 Å². The van der Waals surface area contributed by atoms with Gasteiger partial charge in [0.1, 0.15) is 5.92 Å². The van der Waals surface area contributed by atoms with Gasteiger partial charge in [-0.2, -0.15) is 0 Å². The molecule has 4 N–H and O–H groups in total. The van der Waals surface area contributed by atoms with Crippen molar-refractivity contribution in [2.75, 3.05) is 0 Å². The Hall–Kier alpha value is -1.06. The maximum atomic E-state index is 10.5. The van der Waals surface area contributed by atoms with Gasteiger partial charge in [-0.15, -0.1) is 0 Å². The molecule has 2 amide bonds. The van der Waals surface area contributed by atoms with Crippen LogP contribution in [0.3, 0.4) is 0 Å². The summed E-state index contributed by atoms with van der Waals surface area (Å²) in [5.74, 6) is -1.76. The fourth-order valence-corrected chi connectivity index (χ4v) is 1.03. The molecule has 1 fully saturated rings. The summed E-state index contributed by atoms with van der Waals surface area (Å²) in [6, 6.07) is 0. The average Bonchev–Trinajstić information content (AvgIpc) is 2.46. The zero-order valence-corrected chi connectivity index (χ0v) is 5.54. The molecule has 0 aromatic heterocycles. The first kappa shape index (κ1) is 7.05. The molecule has 4 nitrogen and oxygen atoms in total. The second-order valence-corrected chi connectivity index (χ2v) is 2.62. The molecule has 56 valence electrons. The van der Waals surface area contributed by atoms with E-state index in [1.807, 2.05) is 0 Å². The van der Waals surface area contributed by atoms with E-state index >= 15 is 0 Å². The number of hydrogen-bond acceptors (Lipinski definition) is 2. The minimum absolute atomic E-state index is 0.134. The number of amides is 2. The molecule has 0 aromatic rings. The highest BCUT2D eigenvalue weighted by atomic mass is 16.2. The van der Waals surface area contributed by atoms with Crippen LogP contribution >= 0.6 is 0 Å². The monoisotopic (exact) mass is 142 g/mol. The smallest absolute Gasteiger partial charge is 0.230 e. The van der Waals surface area contributed by atoms with E-state index < -0.39 is 17.7 Å². The van der Waals surface area contributed by atoms with Gasteiger partial charge < -0.3 is 11.5 Å². The lowest BCUT2D eigenvalue weighted by Crippen LogP contribution is -2.36. The summed E-state index contributed by atoms with van der Waals surface area (Å²) in [4.78, 5) is 21.1. The third-order valence-electron chi connectivity index (χ3n) is 1.71. The number of nitrogens with two attached hydrogens (primary N) is 2. The average molecular weight is 142 g/mol. The minimum atomic E-state index is -0.722. The van der Waals surface area contributed by atoms with E-state index in [1.165, 1.54) is 0 Å². The molecule has 0 radical (unpaired) electrons. The molecular formula is C6H10N2O2. The van der Waals surface area contributed by atoms with Crippen LogP contribution in [0.25, 0.3) is 0 Å². The molecule has 4 heteroatoms. The lowest BCUT2D eigenvalue weighted by atomic mass is 10.0. The van der Waals surface area contributed by atoms with Crippen LogP contribution < -0.4 is 11.5 Å². The molecule has 0 spiro atoms. The van der Waals surface area contributed by atoms with Crippen molar-refractivity contribution in [3.63, 3.8) is 0 Å². The molecule has 1 aliphatic carbocycles. The zero-order chi connectivity index (χ0) is 7.72. The zero-order valence-electron chi connectivity index (χ0n) is 5.54. The van der Waals surface area contributed by atoms with Crippen LogP contribution in [0.2, 0.25) is 0 Å². The van der Waals surface area contributed by atoms with Gasteiger partial charge >= 0.3 is 0 Å². The van der Waals surface area contributed by atoms with E-state index in [2.05, 4.69) is 0 Å². The van der Waals surface area contributed by atoms with Crippen LogP contribution in [0, 0.1) is 11.8 Å². The number of carbonyl (C=O) groups excluding carboxylic acids is 2. The standard InChI is InChI=1S/C6H10N2O2/c7-5(9)4(6(8)10)3-1-2-3/h3-4H,1-2H2,(H2,7,9)(H2,8,10). The van der Waals surface area contributed by atoms with Gasteiger partial charge in [0, 0.05) is 0 Å². The Morgan fingerprint density at radius 3 is 1.70 bits per heavy atom. The first-order valence-corrected chi connectivity index (χ1v) is 3.21. The number of rotatable bonds is 3. The minimum Gasteiger partial charge on any atom is -0.369 e. The molecule has 0 unspecified atom stereocenters. The van der Waals surface area contributed by atoms with Gasteiger partial charge in [0.05, 0.1) is 0 Å². The van der Waals surface area contributed by atoms with Gasteiger partial charge in [-0.1, -0.05) is 0 Å². The molecular weight excluding hydrogens is 132 g/mol. The van der Waals surface area contributed by atoms with Crippen molar-refractivity contribution in [1.29, 1.82) is 0 Å². The fraction of sp³-hybridized carbons (Fsp3) is 0.667. The van der Waals surface area contributed by atoms with E-state index in [4.69, 9.17) is 11.5 Å². The van der Waals surface area contributed by atoms with E-state index in [0.29, 0.717) is 0 Å². The van der Waals surface area contributed by atoms with Crippen LogP contribution in [0.15, 0.2) is 0 Å². The molecule has 10 heavy (non-hydrogen) atoms. The van der Waals surface area contributed by atoms with Gasteiger partial charge in [-0.05, 0) is 18.8 Å². The van der Waals surface area contributed by atoms with Gasteiger partial charge in [0.25, 0.3) is 0 Å². The summed E-state index contributed by atoms with van der Waals surface area (Å²) < 4.78 is 0. The highest BCUT2D eigenvalue weighted by molar-refractivity contribution is 5.99. The van der Waals surface area contributed by atoms with Crippen LogP contribution in [-0.4, -0.2) is 11.8 Å². The van der Waals surface area contributed by atoms with E-state index in [1.54, 1.807) is 0 Å². The maximum absolute atomic E-state index is 10.5. The summed E-state index contributed by atoms with van der Waals surface area (Å²) in [5.41, 5.74) is 9.88. The van der Waals surface area contributed by atoms with Gasteiger partial charge in [0.15, 0.2) is 0 Å². The molecule has 1 saturated carbocycles. The summed E-state index contributed by atoms with van der Waals surface area (Å²) in [7, 11) is 0. The van der Waals surface area contributed by atoms with Crippen LogP contribution in [0.4, 0.5) is 0 Å². The topological polar surface area (TPSA) is 86.2 Å². The van der Waals surface area contributed by atoms with Gasteiger partial charge in [0.2, 0.25) is 11.8 Å². The van der Waals surface area contributed by atoms with Crippen LogP contribution in [-0.2, 0) is 9.59 Å². The summed E-state index contributed by atoms with van der Waals surface area (Å²) in [6.45, 7) is 0. The third kappa shape index (κ3) is 1.26. The van der Waals surface area contributed by atoms with Crippen LogP contribution in [0.5, 0.6) is 0 Å². The SMILES string of the molecule is NC(=O)C(C(N)=O)C1CC1. The lowest BCUT2D eigenvalue weighted by molar-refractivity contribution is -0.132. The Morgan fingerprint density at radius 2 is 1.60 bits per heavy atom. The van der Waals surface area contributed by atoms with E-state index in [-0.39, 0.29) is 5.92 Å². The molecule has 1 rings (SSSR count). The maximum Gasteiger partial charge on any atom is 0.230 e. The summed E-state index contributed by atoms with van der Waals surface area (Å²) >= 11 is 0. The van der Waals surface area contributed by atoms with Crippen molar-refractivity contribution in [3.05, 3.63) is 0 Å². The molecule has 0 bridgehead atoms. The fourth-order valence-electron chi connectivity index (χ4n) is 1.03. The molecule has 0 aliphatic heterocycles. The quantitative estimate of drug-likeness (QED) is 0.494. The first-order chi connectivity index (χ1) is 4.63. The summed E-state index contributed by atoms with van der Waals surface area (Å²) in [5, 5.41) is 0. The van der Waals surface area contributed by atoms with Gasteiger partial charge in [-0.3, -0.25) is 9.59 Å². The van der Waals surface area contributed by atoms with E-state index in [0.717, 1.165) is 12.8 Å².